The fourth-order valence-corrected chi connectivity index (χ4v) is 3.53. The molecule has 1 aromatic carbocycles. The van der Waals surface area contributed by atoms with Gasteiger partial charge in [0.15, 0.2) is 0 Å². The average Bonchev–Trinajstić information content (AvgIpc) is 3.06. The van der Waals surface area contributed by atoms with Crippen LogP contribution in [-0.4, -0.2) is 30.4 Å². The summed E-state index contributed by atoms with van der Waals surface area (Å²) in [4.78, 5) is 14.8. The van der Waals surface area contributed by atoms with Crippen molar-refractivity contribution in [3.8, 4) is 0 Å². The Balaban J connectivity index is 1.89. The molecular formula is C19H31N3O. The summed E-state index contributed by atoms with van der Waals surface area (Å²) in [6, 6.07) is 8.53. The van der Waals surface area contributed by atoms with Crippen molar-refractivity contribution in [2.24, 2.45) is 17.6 Å². The summed E-state index contributed by atoms with van der Waals surface area (Å²) in [6.07, 6.45) is 3.20. The molecule has 0 aromatic heterocycles. The SMILES string of the molecule is CCN(CC)Cc1cccc(CNC(=O)[C@@H]2CCC[C@@H]2CN)c1. The van der Waals surface area contributed by atoms with E-state index in [0.29, 0.717) is 19.0 Å². The molecule has 128 valence electrons. The fourth-order valence-electron chi connectivity index (χ4n) is 3.53. The van der Waals surface area contributed by atoms with E-state index in [-0.39, 0.29) is 11.8 Å². The first-order chi connectivity index (χ1) is 11.2. The predicted octanol–water partition coefficient (Wildman–Crippen LogP) is 2.52. The molecule has 0 unspecified atom stereocenters. The zero-order valence-electron chi connectivity index (χ0n) is 14.6. The number of carbonyl (C=O) groups is 1. The number of nitrogens with one attached hydrogen (secondary N) is 1. The Bertz CT molecular complexity index is 499. The topological polar surface area (TPSA) is 58.4 Å². The number of nitrogens with zero attached hydrogens (tertiary/aromatic N) is 1. The van der Waals surface area contributed by atoms with E-state index < -0.39 is 0 Å². The highest BCUT2D eigenvalue weighted by Gasteiger charge is 2.31. The number of carbonyl (C=O) groups excluding carboxylic acids is 1. The maximum atomic E-state index is 12.4. The van der Waals surface area contributed by atoms with Crippen LogP contribution in [0.3, 0.4) is 0 Å². The Kier molecular flexibility index (Phi) is 7.06. The molecule has 1 saturated carbocycles. The van der Waals surface area contributed by atoms with E-state index in [2.05, 4.69) is 48.3 Å². The van der Waals surface area contributed by atoms with E-state index in [1.54, 1.807) is 0 Å². The van der Waals surface area contributed by atoms with Crippen molar-refractivity contribution in [1.82, 2.24) is 10.2 Å². The van der Waals surface area contributed by atoms with Crippen LogP contribution in [0, 0.1) is 11.8 Å². The standard InChI is InChI=1S/C19H31N3O/c1-3-22(4-2)14-16-8-5-7-15(11-16)13-21-19(23)18-10-6-9-17(18)12-20/h5,7-8,11,17-18H,3-4,6,9-10,12-14,20H2,1-2H3,(H,21,23)/t17-,18-/m1/s1. The van der Waals surface area contributed by atoms with Crippen LogP contribution < -0.4 is 11.1 Å². The van der Waals surface area contributed by atoms with Crippen LogP contribution in [0.2, 0.25) is 0 Å². The summed E-state index contributed by atoms with van der Waals surface area (Å²) in [6.45, 7) is 8.67. The van der Waals surface area contributed by atoms with Gasteiger partial charge in [0.25, 0.3) is 0 Å². The minimum absolute atomic E-state index is 0.110. The van der Waals surface area contributed by atoms with Gasteiger partial charge in [-0.15, -0.1) is 0 Å². The van der Waals surface area contributed by atoms with Crippen LogP contribution >= 0.6 is 0 Å². The largest absolute Gasteiger partial charge is 0.352 e. The van der Waals surface area contributed by atoms with Crippen molar-refractivity contribution >= 4 is 5.91 Å². The molecule has 2 atom stereocenters. The summed E-state index contributed by atoms with van der Waals surface area (Å²) in [5, 5.41) is 3.11. The van der Waals surface area contributed by atoms with Gasteiger partial charge in [0.05, 0.1) is 0 Å². The van der Waals surface area contributed by atoms with Crippen LogP contribution in [0.5, 0.6) is 0 Å². The fraction of sp³-hybridized carbons (Fsp3) is 0.632. The molecule has 23 heavy (non-hydrogen) atoms. The Labute approximate surface area is 140 Å². The second-order valence-electron chi connectivity index (χ2n) is 6.53. The summed E-state index contributed by atoms with van der Waals surface area (Å²) < 4.78 is 0. The highest BCUT2D eigenvalue weighted by Crippen LogP contribution is 2.30. The van der Waals surface area contributed by atoms with Crippen LogP contribution in [0.1, 0.15) is 44.2 Å². The molecule has 0 bridgehead atoms. The highest BCUT2D eigenvalue weighted by atomic mass is 16.1. The number of amides is 1. The van der Waals surface area contributed by atoms with E-state index in [0.717, 1.165) is 38.9 Å². The molecule has 0 saturated heterocycles. The molecule has 1 aliphatic carbocycles. The molecule has 0 spiro atoms. The third-order valence-corrected chi connectivity index (χ3v) is 5.06. The van der Waals surface area contributed by atoms with Crippen LogP contribution in [0.15, 0.2) is 24.3 Å². The lowest BCUT2D eigenvalue weighted by Gasteiger charge is -2.19. The first-order valence-electron chi connectivity index (χ1n) is 8.95. The van der Waals surface area contributed by atoms with Crippen LogP contribution in [0.4, 0.5) is 0 Å². The zero-order chi connectivity index (χ0) is 16.7. The Hall–Kier alpha value is -1.39. The van der Waals surface area contributed by atoms with Crippen molar-refractivity contribution < 1.29 is 4.79 Å². The predicted molar refractivity (Wildman–Crippen MR) is 94.8 cm³/mol. The zero-order valence-corrected chi connectivity index (χ0v) is 14.6. The minimum Gasteiger partial charge on any atom is -0.352 e. The number of benzene rings is 1. The quantitative estimate of drug-likeness (QED) is 0.774. The molecule has 4 heteroatoms. The lowest BCUT2D eigenvalue weighted by Crippen LogP contribution is -2.34. The van der Waals surface area contributed by atoms with E-state index in [4.69, 9.17) is 5.73 Å². The first-order valence-corrected chi connectivity index (χ1v) is 8.95. The number of hydrogen-bond acceptors (Lipinski definition) is 3. The Morgan fingerprint density at radius 3 is 2.70 bits per heavy atom. The van der Waals surface area contributed by atoms with Gasteiger partial charge in [0.1, 0.15) is 0 Å². The minimum atomic E-state index is 0.110. The monoisotopic (exact) mass is 317 g/mol. The number of hydrogen-bond donors (Lipinski definition) is 2. The second kappa shape index (κ2) is 9.04. The summed E-state index contributed by atoms with van der Waals surface area (Å²) in [5.74, 6) is 0.648. The summed E-state index contributed by atoms with van der Waals surface area (Å²) >= 11 is 0. The highest BCUT2D eigenvalue weighted by molar-refractivity contribution is 5.79. The van der Waals surface area contributed by atoms with Crippen molar-refractivity contribution in [2.75, 3.05) is 19.6 Å². The van der Waals surface area contributed by atoms with Gasteiger partial charge in [-0.25, -0.2) is 0 Å². The van der Waals surface area contributed by atoms with Gasteiger partial charge in [-0.3, -0.25) is 9.69 Å². The third kappa shape index (κ3) is 5.05. The van der Waals surface area contributed by atoms with E-state index >= 15 is 0 Å². The number of rotatable bonds is 8. The molecule has 1 fully saturated rings. The first kappa shape index (κ1) is 18.0. The smallest absolute Gasteiger partial charge is 0.223 e. The Morgan fingerprint density at radius 2 is 2.00 bits per heavy atom. The molecule has 1 amide bonds. The molecule has 2 rings (SSSR count). The number of nitrogens with two attached hydrogens (primary N) is 1. The normalized spacial score (nSPS) is 20.9. The third-order valence-electron chi connectivity index (χ3n) is 5.06. The molecular weight excluding hydrogens is 286 g/mol. The lowest BCUT2D eigenvalue weighted by atomic mass is 9.95. The molecule has 1 aliphatic rings. The molecule has 0 radical (unpaired) electrons. The van der Waals surface area contributed by atoms with Gasteiger partial charge in [-0.05, 0) is 49.5 Å². The van der Waals surface area contributed by atoms with Crippen molar-refractivity contribution in [3.63, 3.8) is 0 Å². The molecule has 4 nitrogen and oxygen atoms in total. The van der Waals surface area contributed by atoms with E-state index in [1.807, 2.05) is 0 Å². The molecule has 0 heterocycles. The second-order valence-corrected chi connectivity index (χ2v) is 6.53. The molecule has 0 aliphatic heterocycles. The van der Waals surface area contributed by atoms with Crippen LogP contribution in [-0.2, 0) is 17.9 Å². The van der Waals surface area contributed by atoms with Crippen LogP contribution in [0.25, 0.3) is 0 Å². The van der Waals surface area contributed by atoms with Gasteiger partial charge >= 0.3 is 0 Å². The lowest BCUT2D eigenvalue weighted by molar-refractivity contribution is -0.126. The average molecular weight is 317 g/mol. The van der Waals surface area contributed by atoms with Crippen molar-refractivity contribution in [1.29, 1.82) is 0 Å². The maximum absolute atomic E-state index is 12.4. The van der Waals surface area contributed by atoms with Gasteiger partial charge in [0.2, 0.25) is 5.91 Å². The van der Waals surface area contributed by atoms with Gasteiger partial charge in [-0.1, -0.05) is 44.5 Å². The molecule has 1 aromatic rings. The van der Waals surface area contributed by atoms with Gasteiger partial charge in [0, 0.05) is 19.0 Å². The summed E-state index contributed by atoms with van der Waals surface area (Å²) in [5.41, 5.74) is 8.26. The van der Waals surface area contributed by atoms with Crippen molar-refractivity contribution in [2.45, 2.75) is 46.2 Å². The van der Waals surface area contributed by atoms with E-state index in [9.17, 15) is 4.79 Å². The van der Waals surface area contributed by atoms with E-state index in [1.165, 1.54) is 11.1 Å². The Morgan fingerprint density at radius 1 is 1.26 bits per heavy atom. The van der Waals surface area contributed by atoms with Gasteiger partial charge < -0.3 is 11.1 Å². The summed E-state index contributed by atoms with van der Waals surface area (Å²) in [7, 11) is 0. The van der Waals surface area contributed by atoms with Gasteiger partial charge in [-0.2, -0.15) is 0 Å². The van der Waals surface area contributed by atoms with Crippen molar-refractivity contribution in [3.05, 3.63) is 35.4 Å². The molecule has 3 N–H and O–H groups in total. The maximum Gasteiger partial charge on any atom is 0.223 e.